The van der Waals surface area contributed by atoms with Gasteiger partial charge in [-0.2, -0.15) is 0 Å². The molecule has 2 N–H and O–H groups in total. The van der Waals surface area contributed by atoms with Gasteiger partial charge in [-0.15, -0.1) is 12.4 Å². The maximum Gasteiger partial charge on any atom is 0.251 e. The maximum absolute atomic E-state index is 12.7. The second-order valence-electron chi connectivity index (χ2n) is 6.09. The quantitative estimate of drug-likeness (QED) is 0.851. The van der Waals surface area contributed by atoms with Gasteiger partial charge < -0.3 is 20.3 Å². The molecule has 2 saturated heterocycles. The number of amides is 2. The number of hydrogen-bond acceptors (Lipinski definition) is 4. The molecule has 2 aliphatic rings. The normalized spacial score (nSPS) is 24.2. The Morgan fingerprint density at radius 1 is 1.33 bits per heavy atom. The first-order chi connectivity index (χ1) is 11.1. The van der Waals surface area contributed by atoms with Gasteiger partial charge in [0.25, 0.3) is 5.91 Å². The Kier molecular flexibility index (Phi) is 6.60. The number of morpholine rings is 1. The van der Waals surface area contributed by atoms with Gasteiger partial charge in [-0.25, -0.2) is 0 Å². The fraction of sp³-hybridized carbons (Fsp3) is 0.529. The van der Waals surface area contributed by atoms with Crippen molar-refractivity contribution in [3.8, 4) is 0 Å². The molecule has 6 nitrogen and oxygen atoms in total. The van der Waals surface area contributed by atoms with Gasteiger partial charge in [0.05, 0.1) is 6.61 Å². The first kappa shape index (κ1) is 18.7. The Bertz CT molecular complexity index is 573. The van der Waals surface area contributed by atoms with Crippen molar-refractivity contribution in [1.82, 2.24) is 10.6 Å². The molecule has 0 aliphatic carbocycles. The lowest BCUT2D eigenvalue weighted by atomic mass is 10.0. The van der Waals surface area contributed by atoms with Crippen LogP contribution in [0.25, 0.3) is 0 Å². The van der Waals surface area contributed by atoms with E-state index in [0.29, 0.717) is 26.1 Å². The third kappa shape index (κ3) is 4.26. The van der Waals surface area contributed by atoms with E-state index in [1.165, 1.54) is 0 Å². The van der Waals surface area contributed by atoms with Crippen LogP contribution in [0.15, 0.2) is 24.3 Å². The molecule has 2 atom stereocenters. The van der Waals surface area contributed by atoms with Crippen molar-refractivity contribution in [2.75, 3.05) is 31.1 Å². The molecule has 0 radical (unpaired) electrons. The van der Waals surface area contributed by atoms with Gasteiger partial charge in [-0.05, 0) is 31.9 Å². The van der Waals surface area contributed by atoms with Crippen molar-refractivity contribution in [3.05, 3.63) is 29.8 Å². The Morgan fingerprint density at radius 3 is 2.75 bits per heavy atom. The van der Waals surface area contributed by atoms with Crippen LogP contribution in [0.1, 0.15) is 18.4 Å². The minimum Gasteiger partial charge on any atom is -0.366 e. The minimum atomic E-state index is -0.508. The van der Waals surface area contributed by atoms with Gasteiger partial charge in [-0.1, -0.05) is 17.7 Å². The summed E-state index contributed by atoms with van der Waals surface area (Å²) in [4.78, 5) is 26.7. The smallest absolute Gasteiger partial charge is 0.251 e. The predicted molar refractivity (Wildman–Crippen MR) is 94.6 cm³/mol. The Morgan fingerprint density at radius 2 is 2.08 bits per heavy atom. The number of ether oxygens (including phenoxy) is 1. The largest absolute Gasteiger partial charge is 0.366 e. The van der Waals surface area contributed by atoms with Crippen LogP contribution in [0, 0.1) is 6.92 Å². The standard InChI is InChI=1S/C17H23N3O3.ClH/c1-12-4-6-13(7-5-12)20-9-2-3-14(17(20)22)19-16(21)15-11-18-8-10-23-15;/h4-7,14-15,18H,2-3,8-11H2,1H3,(H,19,21);1H. The highest BCUT2D eigenvalue weighted by atomic mass is 35.5. The van der Waals surface area contributed by atoms with Crippen LogP contribution in [0.4, 0.5) is 5.69 Å². The molecule has 24 heavy (non-hydrogen) atoms. The summed E-state index contributed by atoms with van der Waals surface area (Å²) in [6, 6.07) is 7.42. The highest BCUT2D eigenvalue weighted by Gasteiger charge is 2.33. The molecule has 2 unspecified atom stereocenters. The van der Waals surface area contributed by atoms with E-state index < -0.39 is 12.1 Å². The topological polar surface area (TPSA) is 70.7 Å². The molecular weight excluding hydrogens is 330 g/mol. The SMILES string of the molecule is Cc1ccc(N2CCCC(NC(=O)C3CNCCO3)C2=O)cc1.Cl. The number of aryl methyl sites for hydroxylation is 1. The first-order valence-corrected chi connectivity index (χ1v) is 8.16. The number of nitrogens with one attached hydrogen (secondary N) is 2. The lowest BCUT2D eigenvalue weighted by Crippen LogP contribution is -2.56. The van der Waals surface area contributed by atoms with E-state index in [2.05, 4.69) is 10.6 Å². The monoisotopic (exact) mass is 353 g/mol. The van der Waals surface area contributed by atoms with E-state index in [-0.39, 0.29) is 24.2 Å². The zero-order valence-corrected chi connectivity index (χ0v) is 14.6. The van der Waals surface area contributed by atoms with E-state index in [1.807, 2.05) is 31.2 Å². The third-order valence-corrected chi connectivity index (χ3v) is 4.32. The van der Waals surface area contributed by atoms with Gasteiger partial charge in [0.15, 0.2) is 0 Å². The minimum absolute atomic E-state index is 0. The number of halogens is 1. The Balaban J connectivity index is 0.00000208. The summed E-state index contributed by atoms with van der Waals surface area (Å²) in [5, 5.41) is 5.98. The van der Waals surface area contributed by atoms with Gasteiger partial charge >= 0.3 is 0 Å². The number of anilines is 1. The zero-order chi connectivity index (χ0) is 16.2. The molecule has 2 heterocycles. The highest BCUT2D eigenvalue weighted by molar-refractivity contribution is 6.00. The van der Waals surface area contributed by atoms with Crippen molar-refractivity contribution in [2.45, 2.75) is 31.9 Å². The second kappa shape index (κ2) is 8.46. The molecule has 2 amide bonds. The van der Waals surface area contributed by atoms with Crippen molar-refractivity contribution >= 4 is 29.9 Å². The molecule has 2 aliphatic heterocycles. The van der Waals surface area contributed by atoms with Gasteiger partial charge in [0.2, 0.25) is 5.91 Å². The van der Waals surface area contributed by atoms with Crippen LogP contribution in [0.3, 0.4) is 0 Å². The molecule has 3 rings (SSSR count). The van der Waals surface area contributed by atoms with Crippen LogP contribution in [-0.4, -0.2) is 50.2 Å². The van der Waals surface area contributed by atoms with Crippen LogP contribution in [0.2, 0.25) is 0 Å². The first-order valence-electron chi connectivity index (χ1n) is 8.16. The second-order valence-corrected chi connectivity index (χ2v) is 6.09. The van der Waals surface area contributed by atoms with Crippen LogP contribution in [-0.2, 0) is 14.3 Å². The van der Waals surface area contributed by atoms with Crippen molar-refractivity contribution in [3.63, 3.8) is 0 Å². The number of carbonyl (C=O) groups is 2. The molecule has 0 aromatic heterocycles. The summed E-state index contributed by atoms with van der Waals surface area (Å²) in [5.41, 5.74) is 2.04. The van der Waals surface area contributed by atoms with Crippen molar-refractivity contribution in [2.24, 2.45) is 0 Å². The van der Waals surface area contributed by atoms with E-state index in [4.69, 9.17) is 4.74 Å². The molecule has 2 fully saturated rings. The summed E-state index contributed by atoms with van der Waals surface area (Å²) in [6.07, 6.45) is 1.04. The summed E-state index contributed by atoms with van der Waals surface area (Å²) in [7, 11) is 0. The molecule has 7 heteroatoms. The molecule has 0 bridgehead atoms. The highest BCUT2D eigenvalue weighted by Crippen LogP contribution is 2.21. The predicted octanol–water partition coefficient (Wildman–Crippen LogP) is 1.02. The number of hydrogen-bond donors (Lipinski definition) is 2. The average molecular weight is 354 g/mol. The molecule has 0 saturated carbocycles. The zero-order valence-electron chi connectivity index (χ0n) is 13.8. The number of rotatable bonds is 3. The maximum atomic E-state index is 12.7. The summed E-state index contributed by atoms with van der Waals surface area (Å²) < 4.78 is 5.44. The molecular formula is C17H24ClN3O3. The number of piperidine rings is 1. The van der Waals surface area contributed by atoms with Crippen LogP contribution in [0.5, 0.6) is 0 Å². The fourth-order valence-electron chi connectivity index (χ4n) is 2.99. The van der Waals surface area contributed by atoms with Crippen LogP contribution >= 0.6 is 12.4 Å². The molecule has 132 valence electrons. The third-order valence-electron chi connectivity index (χ3n) is 4.32. The van der Waals surface area contributed by atoms with Gasteiger partial charge in [0, 0.05) is 25.3 Å². The van der Waals surface area contributed by atoms with Gasteiger partial charge in [0.1, 0.15) is 12.1 Å². The van der Waals surface area contributed by atoms with E-state index in [0.717, 1.165) is 24.2 Å². The van der Waals surface area contributed by atoms with E-state index in [1.54, 1.807) is 4.90 Å². The number of carbonyl (C=O) groups excluding carboxylic acids is 2. The molecule has 1 aromatic carbocycles. The summed E-state index contributed by atoms with van der Waals surface area (Å²) >= 11 is 0. The van der Waals surface area contributed by atoms with Gasteiger partial charge in [-0.3, -0.25) is 9.59 Å². The average Bonchev–Trinajstić information content (AvgIpc) is 2.58. The Hall–Kier alpha value is -1.63. The van der Waals surface area contributed by atoms with Crippen LogP contribution < -0.4 is 15.5 Å². The van der Waals surface area contributed by atoms with E-state index in [9.17, 15) is 9.59 Å². The van der Waals surface area contributed by atoms with E-state index >= 15 is 0 Å². The van der Waals surface area contributed by atoms with Crippen molar-refractivity contribution in [1.29, 1.82) is 0 Å². The molecule has 1 aromatic rings. The number of benzene rings is 1. The number of nitrogens with zero attached hydrogens (tertiary/aromatic N) is 1. The lowest BCUT2D eigenvalue weighted by Gasteiger charge is -2.33. The fourth-order valence-corrected chi connectivity index (χ4v) is 2.99. The molecule has 0 spiro atoms. The Labute approximate surface area is 148 Å². The lowest BCUT2D eigenvalue weighted by molar-refractivity contribution is -0.137. The van der Waals surface area contributed by atoms with Crippen molar-refractivity contribution < 1.29 is 14.3 Å². The summed E-state index contributed by atoms with van der Waals surface area (Å²) in [5.74, 6) is -0.251. The summed E-state index contributed by atoms with van der Waals surface area (Å²) in [6.45, 7) is 4.48.